The van der Waals surface area contributed by atoms with Gasteiger partial charge in [0.2, 0.25) is 5.91 Å². The van der Waals surface area contributed by atoms with Crippen LogP contribution in [0.4, 0.5) is 5.69 Å². The zero-order valence-corrected chi connectivity index (χ0v) is 13.8. The molecule has 1 saturated heterocycles. The van der Waals surface area contributed by atoms with Crippen LogP contribution in [0.15, 0.2) is 22.7 Å². The Labute approximate surface area is 132 Å². The minimum Gasteiger partial charge on any atom is -0.353 e. The van der Waals surface area contributed by atoms with E-state index in [2.05, 4.69) is 15.9 Å². The quantitative estimate of drug-likeness (QED) is 0.773. The highest BCUT2D eigenvalue weighted by Gasteiger charge is 2.27. The summed E-state index contributed by atoms with van der Waals surface area (Å²) in [6, 6.07) is 5.79. The largest absolute Gasteiger partial charge is 0.353 e. The Balaban J connectivity index is 2.26. The lowest BCUT2D eigenvalue weighted by atomic mass is 10.1. The second-order valence-electron chi connectivity index (χ2n) is 4.77. The van der Waals surface area contributed by atoms with Gasteiger partial charge in [-0.05, 0) is 37.6 Å². The Morgan fingerprint density at radius 1 is 1.60 bits per heavy atom. The van der Waals surface area contributed by atoms with Gasteiger partial charge in [0.25, 0.3) is 0 Å². The first-order valence-electron chi connectivity index (χ1n) is 6.40. The van der Waals surface area contributed by atoms with Gasteiger partial charge in [0.15, 0.2) is 0 Å². The third kappa shape index (κ3) is 3.73. The first-order chi connectivity index (χ1) is 9.49. The van der Waals surface area contributed by atoms with Crippen LogP contribution in [0, 0.1) is 6.92 Å². The van der Waals surface area contributed by atoms with Crippen LogP contribution < -0.4 is 4.90 Å². The van der Waals surface area contributed by atoms with Gasteiger partial charge in [-0.1, -0.05) is 15.9 Å². The van der Waals surface area contributed by atoms with E-state index < -0.39 is 5.38 Å². The number of hydrogen-bond acceptors (Lipinski definition) is 3. The molecular formula is C14H17BrClNO3. The first kappa shape index (κ1) is 15.8. The van der Waals surface area contributed by atoms with Crippen molar-refractivity contribution in [1.82, 2.24) is 0 Å². The van der Waals surface area contributed by atoms with Crippen molar-refractivity contribution in [2.45, 2.75) is 25.3 Å². The maximum Gasteiger partial charge on any atom is 0.244 e. The zero-order valence-electron chi connectivity index (χ0n) is 11.4. The van der Waals surface area contributed by atoms with Gasteiger partial charge in [-0.15, -0.1) is 11.6 Å². The number of carbonyl (C=O) groups is 1. The maximum absolute atomic E-state index is 12.4. The summed E-state index contributed by atoms with van der Waals surface area (Å²) < 4.78 is 11.6. The molecular weight excluding hydrogens is 346 g/mol. The van der Waals surface area contributed by atoms with Crippen molar-refractivity contribution in [3.8, 4) is 0 Å². The Morgan fingerprint density at radius 3 is 2.90 bits per heavy atom. The molecule has 110 valence electrons. The van der Waals surface area contributed by atoms with Crippen molar-refractivity contribution in [3.63, 3.8) is 0 Å². The molecule has 0 bridgehead atoms. The number of carbonyl (C=O) groups excluding carboxylic acids is 1. The monoisotopic (exact) mass is 361 g/mol. The summed E-state index contributed by atoms with van der Waals surface area (Å²) in [6.45, 7) is 4.86. The minimum absolute atomic E-state index is 0.114. The molecule has 2 unspecified atom stereocenters. The molecule has 6 heteroatoms. The van der Waals surface area contributed by atoms with Crippen LogP contribution in [0.5, 0.6) is 0 Å². The highest BCUT2D eigenvalue weighted by atomic mass is 79.9. The van der Waals surface area contributed by atoms with Gasteiger partial charge < -0.3 is 14.4 Å². The van der Waals surface area contributed by atoms with Gasteiger partial charge in [0.05, 0.1) is 13.2 Å². The molecule has 4 nitrogen and oxygen atoms in total. The summed E-state index contributed by atoms with van der Waals surface area (Å²) in [5.41, 5.74) is 1.85. The molecule has 1 fully saturated rings. The average molecular weight is 363 g/mol. The number of aryl methyl sites for hydroxylation is 1. The molecule has 1 heterocycles. The van der Waals surface area contributed by atoms with Gasteiger partial charge in [0.1, 0.15) is 18.3 Å². The average Bonchev–Trinajstić information content (AvgIpc) is 2.88. The summed E-state index contributed by atoms with van der Waals surface area (Å²) >= 11 is 9.39. The fourth-order valence-electron chi connectivity index (χ4n) is 2.12. The van der Waals surface area contributed by atoms with E-state index in [1.807, 2.05) is 25.1 Å². The van der Waals surface area contributed by atoms with Crippen molar-refractivity contribution >= 4 is 39.1 Å². The molecule has 20 heavy (non-hydrogen) atoms. The highest BCUT2D eigenvalue weighted by molar-refractivity contribution is 9.10. The number of nitrogens with zero attached hydrogens (tertiary/aromatic N) is 1. The Morgan fingerprint density at radius 2 is 2.35 bits per heavy atom. The van der Waals surface area contributed by atoms with Crippen LogP contribution >= 0.6 is 27.5 Å². The number of amides is 1. The maximum atomic E-state index is 12.4. The summed E-state index contributed by atoms with van der Waals surface area (Å²) in [4.78, 5) is 14.0. The second kappa shape index (κ2) is 6.89. The molecule has 0 spiro atoms. The van der Waals surface area contributed by atoms with E-state index in [0.29, 0.717) is 13.2 Å². The zero-order chi connectivity index (χ0) is 14.7. The van der Waals surface area contributed by atoms with E-state index in [9.17, 15) is 4.79 Å². The normalized spacial score (nSPS) is 19.9. The fraction of sp³-hybridized carbons (Fsp3) is 0.500. The minimum atomic E-state index is -0.583. The molecule has 2 rings (SSSR count). The van der Waals surface area contributed by atoms with Crippen molar-refractivity contribution in [1.29, 1.82) is 0 Å². The first-order valence-corrected chi connectivity index (χ1v) is 7.63. The van der Waals surface area contributed by atoms with Crippen LogP contribution in [0.25, 0.3) is 0 Å². The number of ether oxygens (including phenoxy) is 2. The van der Waals surface area contributed by atoms with Crippen LogP contribution in [-0.4, -0.2) is 37.3 Å². The molecule has 0 radical (unpaired) electrons. The van der Waals surface area contributed by atoms with Crippen molar-refractivity contribution < 1.29 is 14.3 Å². The summed E-state index contributed by atoms with van der Waals surface area (Å²) in [7, 11) is 0. The predicted molar refractivity (Wildman–Crippen MR) is 82.2 cm³/mol. The Kier molecular flexibility index (Phi) is 5.43. The van der Waals surface area contributed by atoms with E-state index in [0.717, 1.165) is 15.7 Å². The fourth-order valence-corrected chi connectivity index (χ4v) is 2.72. The molecule has 1 amide bonds. The van der Waals surface area contributed by atoms with Gasteiger partial charge in [-0.3, -0.25) is 4.79 Å². The summed E-state index contributed by atoms with van der Waals surface area (Å²) in [5.74, 6) is -0.132. The number of rotatable bonds is 4. The third-order valence-electron chi connectivity index (χ3n) is 3.13. The van der Waals surface area contributed by atoms with Gasteiger partial charge in [-0.2, -0.15) is 0 Å². The van der Waals surface area contributed by atoms with Crippen LogP contribution in [0.2, 0.25) is 0 Å². The van der Waals surface area contributed by atoms with Gasteiger partial charge >= 0.3 is 0 Å². The molecule has 0 aliphatic carbocycles. The van der Waals surface area contributed by atoms with Gasteiger partial charge in [0, 0.05) is 10.2 Å². The molecule has 0 aromatic heterocycles. The van der Waals surface area contributed by atoms with Crippen molar-refractivity contribution in [2.75, 3.05) is 24.8 Å². The molecule has 0 saturated carbocycles. The van der Waals surface area contributed by atoms with Crippen LogP contribution in [0.3, 0.4) is 0 Å². The Bertz CT molecular complexity index is 489. The number of alkyl halides is 1. The third-order valence-corrected chi connectivity index (χ3v) is 3.81. The standard InChI is InChI=1S/C14H17BrClNO3/c1-9-5-11(15)3-4-13(9)17(14(18)10(2)16)6-12-7-19-8-20-12/h3-5,10,12H,6-8H2,1-2H3. The lowest BCUT2D eigenvalue weighted by Gasteiger charge is -2.27. The number of halogens is 2. The number of hydrogen-bond donors (Lipinski definition) is 0. The SMILES string of the molecule is Cc1cc(Br)ccc1N(CC1COCO1)C(=O)C(C)Cl. The lowest BCUT2D eigenvalue weighted by Crippen LogP contribution is -2.42. The van der Waals surface area contributed by atoms with Gasteiger partial charge in [-0.25, -0.2) is 0 Å². The lowest BCUT2D eigenvalue weighted by molar-refractivity contribution is -0.118. The van der Waals surface area contributed by atoms with E-state index in [-0.39, 0.29) is 18.8 Å². The molecule has 1 aromatic rings. The van der Waals surface area contributed by atoms with Crippen LogP contribution in [0.1, 0.15) is 12.5 Å². The van der Waals surface area contributed by atoms with Crippen molar-refractivity contribution in [3.05, 3.63) is 28.2 Å². The smallest absolute Gasteiger partial charge is 0.244 e. The van der Waals surface area contributed by atoms with E-state index in [4.69, 9.17) is 21.1 Å². The van der Waals surface area contributed by atoms with E-state index in [1.165, 1.54) is 0 Å². The molecule has 1 aliphatic heterocycles. The highest BCUT2D eigenvalue weighted by Crippen LogP contribution is 2.26. The van der Waals surface area contributed by atoms with Crippen molar-refractivity contribution in [2.24, 2.45) is 0 Å². The predicted octanol–water partition coefficient (Wildman–Crippen LogP) is 3.09. The molecule has 1 aromatic carbocycles. The molecule has 0 N–H and O–H groups in total. The Hall–Kier alpha value is -0.620. The van der Waals surface area contributed by atoms with E-state index >= 15 is 0 Å². The summed E-state index contributed by atoms with van der Waals surface area (Å²) in [5, 5.41) is -0.583. The molecule has 2 atom stereocenters. The van der Waals surface area contributed by atoms with E-state index in [1.54, 1.807) is 11.8 Å². The van der Waals surface area contributed by atoms with Crippen LogP contribution in [-0.2, 0) is 14.3 Å². The number of benzene rings is 1. The molecule has 1 aliphatic rings. The number of anilines is 1. The summed E-state index contributed by atoms with van der Waals surface area (Å²) in [6.07, 6.45) is -0.114. The second-order valence-corrected chi connectivity index (χ2v) is 6.34. The topological polar surface area (TPSA) is 38.8 Å².